The van der Waals surface area contributed by atoms with E-state index in [1.54, 1.807) is 0 Å². The van der Waals surface area contributed by atoms with Crippen molar-refractivity contribution in [3.8, 4) is 0 Å². The van der Waals surface area contributed by atoms with Crippen LogP contribution in [0.25, 0.3) is 0 Å². The van der Waals surface area contributed by atoms with E-state index < -0.39 is 0 Å². The lowest BCUT2D eigenvalue weighted by Gasteiger charge is -2.27. The van der Waals surface area contributed by atoms with Crippen LogP contribution in [0.5, 0.6) is 0 Å². The first kappa shape index (κ1) is 13.5. The molecule has 0 spiro atoms. The van der Waals surface area contributed by atoms with Crippen LogP contribution in [0.15, 0.2) is 0 Å². The summed E-state index contributed by atoms with van der Waals surface area (Å²) in [7, 11) is 0. The smallest absolute Gasteiger partial charge is 0.237 e. The predicted molar refractivity (Wildman–Crippen MR) is 64.0 cm³/mol. The summed E-state index contributed by atoms with van der Waals surface area (Å²) in [6.45, 7) is 11.1. The van der Waals surface area contributed by atoms with Gasteiger partial charge in [-0.3, -0.25) is 10.1 Å². The van der Waals surface area contributed by atoms with Gasteiger partial charge in [0, 0.05) is 13.2 Å². The standard InChI is InChI=1S/C12H24N2O2/c1-9(2)8-16-6-5-14-11(15)7-13-12(14)10(3)4/h9-10,12-13H,5-8H2,1-4H3. The lowest BCUT2D eigenvalue weighted by Crippen LogP contribution is -2.43. The molecule has 0 aromatic rings. The molecule has 1 unspecified atom stereocenters. The summed E-state index contributed by atoms with van der Waals surface area (Å²) in [5.74, 6) is 1.18. The van der Waals surface area contributed by atoms with Crippen LogP contribution in [0.3, 0.4) is 0 Å². The molecule has 0 aromatic heterocycles. The molecule has 1 N–H and O–H groups in total. The molecule has 1 heterocycles. The van der Waals surface area contributed by atoms with Gasteiger partial charge in [0.25, 0.3) is 0 Å². The lowest BCUT2D eigenvalue weighted by molar-refractivity contribution is -0.129. The Bertz CT molecular complexity index is 229. The molecule has 1 aliphatic rings. The van der Waals surface area contributed by atoms with Gasteiger partial charge >= 0.3 is 0 Å². The van der Waals surface area contributed by atoms with Gasteiger partial charge in [0.2, 0.25) is 5.91 Å². The van der Waals surface area contributed by atoms with E-state index in [4.69, 9.17) is 4.74 Å². The van der Waals surface area contributed by atoms with Crippen LogP contribution < -0.4 is 5.32 Å². The predicted octanol–water partition coefficient (Wildman–Crippen LogP) is 1.07. The minimum Gasteiger partial charge on any atom is -0.379 e. The number of ether oxygens (including phenoxy) is 1. The third-order valence-electron chi connectivity index (χ3n) is 2.68. The number of carbonyl (C=O) groups excluding carboxylic acids is 1. The van der Waals surface area contributed by atoms with Crippen molar-refractivity contribution in [3.05, 3.63) is 0 Å². The van der Waals surface area contributed by atoms with E-state index in [0.717, 1.165) is 6.61 Å². The number of nitrogens with one attached hydrogen (secondary N) is 1. The zero-order chi connectivity index (χ0) is 12.1. The molecule has 4 nitrogen and oxygen atoms in total. The van der Waals surface area contributed by atoms with Crippen molar-refractivity contribution in [1.29, 1.82) is 0 Å². The van der Waals surface area contributed by atoms with Crippen LogP contribution in [-0.4, -0.2) is 43.3 Å². The molecule has 1 fully saturated rings. The summed E-state index contributed by atoms with van der Waals surface area (Å²) in [5.41, 5.74) is 0. The Morgan fingerprint density at radius 2 is 2.12 bits per heavy atom. The van der Waals surface area contributed by atoms with E-state index in [1.165, 1.54) is 0 Å². The molecule has 16 heavy (non-hydrogen) atoms. The fourth-order valence-corrected chi connectivity index (χ4v) is 1.90. The molecule has 1 rings (SSSR count). The van der Waals surface area contributed by atoms with Crippen LogP contribution in [-0.2, 0) is 9.53 Å². The molecular weight excluding hydrogens is 204 g/mol. The van der Waals surface area contributed by atoms with Crippen molar-refractivity contribution in [1.82, 2.24) is 10.2 Å². The van der Waals surface area contributed by atoms with Crippen molar-refractivity contribution < 1.29 is 9.53 Å². The van der Waals surface area contributed by atoms with Gasteiger partial charge in [-0.15, -0.1) is 0 Å². The van der Waals surface area contributed by atoms with Gasteiger partial charge < -0.3 is 9.64 Å². The molecule has 0 radical (unpaired) electrons. The fraction of sp³-hybridized carbons (Fsp3) is 0.917. The normalized spacial score (nSPS) is 21.5. The first-order valence-electron chi connectivity index (χ1n) is 6.13. The van der Waals surface area contributed by atoms with Gasteiger partial charge in [-0.2, -0.15) is 0 Å². The highest BCUT2D eigenvalue weighted by molar-refractivity contribution is 5.80. The number of rotatable bonds is 6. The van der Waals surface area contributed by atoms with Crippen LogP contribution in [0.4, 0.5) is 0 Å². The third-order valence-corrected chi connectivity index (χ3v) is 2.68. The van der Waals surface area contributed by atoms with E-state index in [0.29, 0.717) is 31.5 Å². The van der Waals surface area contributed by atoms with E-state index in [9.17, 15) is 4.79 Å². The van der Waals surface area contributed by atoms with Gasteiger partial charge in [0.05, 0.1) is 19.3 Å². The van der Waals surface area contributed by atoms with Crippen LogP contribution in [0.2, 0.25) is 0 Å². The second kappa shape index (κ2) is 6.21. The SMILES string of the molecule is CC(C)COCCN1C(=O)CNC1C(C)C. The molecule has 0 bridgehead atoms. The Morgan fingerprint density at radius 3 is 2.69 bits per heavy atom. The maximum Gasteiger partial charge on any atom is 0.237 e. The van der Waals surface area contributed by atoms with Crippen molar-refractivity contribution in [2.75, 3.05) is 26.3 Å². The Kier molecular flexibility index (Phi) is 5.22. The first-order chi connectivity index (χ1) is 7.52. The first-order valence-corrected chi connectivity index (χ1v) is 6.13. The Balaban J connectivity index is 2.30. The average Bonchev–Trinajstić information content (AvgIpc) is 2.54. The van der Waals surface area contributed by atoms with Crippen LogP contribution in [0, 0.1) is 11.8 Å². The van der Waals surface area contributed by atoms with Crippen LogP contribution >= 0.6 is 0 Å². The molecule has 1 aliphatic heterocycles. The topological polar surface area (TPSA) is 41.6 Å². The number of nitrogens with zero attached hydrogens (tertiary/aromatic N) is 1. The molecule has 94 valence electrons. The largest absolute Gasteiger partial charge is 0.379 e. The molecular formula is C12H24N2O2. The summed E-state index contributed by atoms with van der Waals surface area (Å²) >= 11 is 0. The van der Waals surface area contributed by atoms with Crippen molar-refractivity contribution in [2.45, 2.75) is 33.9 Å². The molecule has 0 saturated carbocycles. The zero-order valence-electron chi connectivity index (χ0n) is 10.8. The van der Waals surface area contributed by atoms with E-state index in [1.807, 2.05) is 4.90 Å². The van der Waals surface area contributed by atoms with Gasteiger partial charge in [0.1, 0.15) is 0 Å². The Hall–Kier alpha value is -0.610. The Morgan fingerprint density at radius 1 is 1.44 bits per heavy atom. The summed E-state index contributed by atoms with van der Waals surface area (Å²) in [6, 6.07) is 0. The summed E-state index contributed by atoms with van der Waals surface area (Å²) in [5, 5.41) is 3.23. The molecule has 1 saturated heterocycles. The summed E-state index contributed by atoms with van der Waals surface area (Å²) in [6.07, 6.45) is 0.176. The zero-order valence-corrected chi connectivity index (χ0v) is 10.8. The molecule has 0 aliphatic carbocycles. The highest BCUT2D eigenvalue weighted by Crippen LogP contribution is 2.13. The van der Waals surface area contributed by atoms with Gasteiger partial charge in [-0.1, -0.05) is 27.7 Å². The minimum absolute atomic E-state index is 0.176. The minimum atomic E-state index is 0.176. The molecule has 1 atom stereocenters. The second-order valence-corrected chi connectivity index (χ2v) is 5.13. The highest BCUT2D eigenvalue weighted by atomic mass is 16.5. The lowest BCUT2D eigenvalue weighted by atomic mass is 10.1. The monoisotopic (exact) mass is 228 g/mol. The maximum absolute atomic E-state index is 11.6. The van der Waals surface area contributed by atoms with Gasteiger partial charge in [0.15, 0.2) is 0 Å². The summed E-state index contributed by atoms with van der Waals surface area (Å²) < 4.78 is 5.51. The summed E-state index contributed by atoms with van der Waals surface area (Å²) in [4.78, 5) is 13.5. The van der Waals surface area contributed by atoms with E-state index >= 15 is 0 Å². The average molecular weight is 228 g/mol. The quantitative estimate of drug-likeness (QED) is 0.692. The molecule has 0 aromatic carbocycles. The van der Waals surface area contributed by atoms with Gasteiger partial charge in [-0.05, 0) is 11.8 Å². The Labute approximate surface area is 98.3 Å². The molecule has 1 amide bonds. The molecule has 4 heteroatoms. The van der Waals surface area contributed by atoms with Crippen molar-refractivity contribution >= 4 is 5.91 Å². The number of amides is 1. The fourth-order valence-electron chi connectivity index (χ4n) is 1.90. The van der Waals surface area contributed by atoms with Gasteiger partial charge in [-0.25, -0.2) is 0 Å². The second-order valence-electron chi connectivity index (χ2n) is 5.13. The number of hydrogen-bond donors (Lipinski definition) is 1. The van der Waals surface area contributed by atoms with E-state index in [2.05, 4.69) is 33.0 Å². The van der Waals surface area contributed by atoms with Crippen molar-refractivity contribution in [2.24, 2.45) is 11.8 Å². The van der Waals surface area contributed by atoms with Crippen LogP contribution in [0.1, 0.15) is 27.7 Å². The van der Waals surface area contributed by atoms with E-state index in [-0.39, 0.29) is 12.1 Å². The number of hydrogen-bond acceptors (Lipinski definition) is 3. The third kappa shape index (κ3) is 3.76. The maximum atomic E-state index is 11.6. The van der Waals surface area contributed by atoms with Crippen molar-refractivity contribution in [3.63, 3.8) is 0 Å². The highest BCUT2D eigenvalue weighted by Gasteiger charge is 2.31. The number of carbonyl (C=O) groups is 1.